The molecule has 0 spiro atoms. The van der Waals surface area contributed by atoms with Gasteiger partial charge in [0.1, 0.15) is 0 Å². The minimum Gasteiger partial charge on any atom is -0.0622 e. The molecule has 0 bridgehead atoms. The molecule has 0 nitrogen and oxygen atoms in total. The van der Waals surface area contributed by atoms with Crippen molar-refractivity contribution in [3.63, 3.8) is 0 Å². The first-order valence-corrected chi connectivity index (χ1v) is 8.30. The zero-order chi connectivity index (χ0) is 14.3. The minimum atomic E-state index is 0.383. The number of benzene rings is 2. The van der Waals surface area contributed by atoms with Crippen LogP contribution in [-0.2, 0) is 10.8 Å². The molecule has 3 saturated carbocycles. The van der Waals surface area contributed by atoms with Gasteiger partial charge in [0.05, 0.1) is 0 Å². The van der Waals surface area contributed by atoms with E-state index in [1.54, 1.807) is 11.1 Å². The van der Waals surface area contributed by atoms with Crippen LogP contribution in [-0.4, -0.2) is 0 Å². The van der Waals surface area contributed by atoms with E-state index in [4.69, 9.17) is 0 Å². The van der Waals surface area contributed by atoms with Crippen LogP contribution in [0.5, 0.6) is 0 Å². The smallest absolute Gasteiger partial charge is 0.0149 e. The van der Waals surface area contributed by atoms with Gasteiger partial charge in [0.25, 0.3) is 0 Å². The summed E-state index contributed by atoms with van der Waals surface area (Å²) >= 11 is 0. The normalized spacial score (nSPS) is 41.2. The average Bonchev–Trinajstić information content (AvgIpc) is 2.88. The van der Waals surface area contributed by atoms with Crippen molar-refractivity contribution in [1.29, 1.82) is 0 Å². The molecule has 0 amide bonds. The van der Waals surface area contributed by atoms with E-state index < -0.39 is 0 Å². The summed E-state index contributed by atoms with van der Waals surface area (Å²) in [7, 11) is 0. The molecule has 0 saturated heterocycles. The van der Waals surface area contributed by atoms with Crippen LogP contribution < -0.4 is 0 Å². The molecule has 3 fully saturated rings. The first-order valence-electron chi connectivity index (χ1n) is 8.30. The summed E-state index contributed by atoms with van der Waals surface area (Å²) in [6.07, 6.45) is 2.86. The third-order valence-corrected chi connectivity index (χ3v) is 7.38. The second kappa shape index (κ2) is 3.43. The summed E-state index contributed by atoms with van der Waals surface area (Å²) in [6, 6.07) is 22.7. The summed E-state index contributed by atoms with van der Waals surface area (Å²) in [4.78, 5) is 0. The molecule has 2 aromatic rings. The maximum absolute atomic E-state index is 2.52. The molecule has 0 N–H and O–H groups in total. The van der Waals surface area contributed by atoms with Crippen molar-refractivity contribution in [2.24, 2.45) is 17.3 Å². The molecular formula is C21H22. The Hall–Kier alpha value is -1.56. The van der Waals surface area contributed by atoms with Gasteiger partial charge in [0, 0.05) is 10.8 Å². The fourth-order valence-electron chi connectivity index (χ4n) is 6.90. The Balaban J connectivity index is 1.76. The van der Waals surface area contributed by atoms with E-state index in [0.29, 0.717) is 16.2 Å². The molecule has 5 rings (SSSR count). The van der Waals surface area contributed by atoms with Gasteiger partial charge in [-0.25, -0.2) is 0 Å². The van der Waals surface area contributed by atoms with Crippen molar-refractivity contribution in [3.8, 4) is 0 Å². The highest BCUT2D eigenvalue weighted by Gasteiger charge is 2.96. The fraction of sp³-hybridized carbons (Fsp3) is 0.429. The molecule has 0 aliphatic heterocycles. The monoisotopic (exact) mass is 274 g/mol. The maximum atomic E-state index is 2.52. The highest BCUT2D eigenvalue weighted by molar-refractivity contribution is 5.65. The molecule has 21 heavy (non-hydrogen) atoms. The zero-order valence-corrected chi connectivity index (χ0v) is 12.8. The SMILES string of the molecule is CC1(C)[C@]2(c3ccccc3)[C@@H]3CC[C@@H]3[C@@]12c1ccccc1. The highest BCUT2D eigenvalue weighted by Crippen LogP contribution is 2.96. The van der Waals surface area contributed by atoms with Gasteiger partial charge >= 0.3 is 0 Å². The van der Waals surface area contributed by atoms with Gasteiger partial charge in [0.15, 0.2) is 0 Å². The Morgan fingerprint density at radius 1 is 0.667 bits per heavy atom. The van der Waals surface area contributed by atoms with Crippen molar-refractivity contribution in [2.75, 3.05) is 0 Å². The molecule has 0 radical (unpaired) electrons. The van der Waals surface area contributed by atoms with Gasteiger partial charge in [-0.15, -0.1) is 0 Å². The van der Waals surface area contributed by atoms with E-state index >= 15 is 0 Å². The van der Waals surface area contributed by atoms with Crippen LogP contribution in [0.15, 0.2) is 60.7 Å². The lowest BCUT2D eigenvalue weighted by molar-refractivity contribution is -0.0131. The second-order valence-corrected chi connectivity index (χ2v) is 7.76. The van der Waals surface area contributed by atoms with E-state index in [1.165, 1.54) is 12.8 Å². The van der Waals surface area contributed by atoms with Crippen LogP contribution in [0.25, 0.3) is 0 Å². The van der Waals surface area contributed by atoms with Gasteiger partial charge in [-0.3, -0.25) is 0 Å². The lowest BCUT2D eigenvalue weighted by atomic mass is 9.44. The van der Waals surface area contributed by atoms with Crippen molar-refractivity contribution in [3.05, 3.63) is 71.8 Å². The van der Waals surface area contributed by atoms with Gasteiger partial charge in [-0.2, -0.15) is 0 Å². The van der Waals surface area contributed by atoms with Gasteiger partial charge < -0.3 is 0 Å². The van der Waals surface area contributed by atoms with Crippen molar-refractivity contribution < 1.29 is 0 Å². The molecule has 3 aliphatic rings. The summed E-state index contributed by atoms with van der Waals surface area (Å²) in [5.74, 6) is 1.82. The lowest BCUT2D eigenvalue weighted by Crippen LogP contribution is -2.57. The highest BCUT2D eigenvalue weighted by atomic mass is 15.0. The molecule has 0 aromatic heterocycles. The van der Waals surface area contributed by atoms with Crippen LogP contribution >= 0.6 is 0 Å². The summed E-state index contributed by atoms with van der Waals surface area (Å²) in [5.41, 5.74) is 4.34. The summed E-state index contributed by atoms with van der Waals surface area (Å²) < 4.78 is 0. The predicted molar refractivity (Wildman–Crippen MR) is 86.2 cm³/mol. The lowest BCUT2D eigenvalue weighted by Gasteiger charge is -2.59. The van der Waals surface area contributed by atoms with E-state index in [-0.39, 0.29) is 0 Å². The Kier molecular flexibility index (Phi) is 1.96. The van der Waals surface area contributed by atoms with Crippen LogP contribution in [0.4, 0.5) is 0 Å². The average molecular weight is 274 g/mol. The first-order chi connectivity index (χ1) is 10.2. The number of rotatable bonds is 2. The van der Waals surface area contributed by atoms with E-state index in [9.17, 15) is 0 Å². The third-order valence-electron chi connectivity index (χ3n) is 7.38. The van der Waals surface area contributed by atoms with Crippen molar-refractivity contribution in [1.82, 2.24) is 0 Å². The quantitative estimate of drug-likeness (QED) is 0.727. The van der Waals surface area contributed by atoms with Crippen LogP contribution in [0.3, 0.4) is 0 Å². The van der Waals surface area contributed by atoms with Crippen LogP contribution in [0.2, 0.25) is 0 Å². The Labute approximate surface area is 127 Å². The molecule has 0 unspecified atom stereocenters. The third kappa shape index (κ3) is 0.950. The zero-order valence-electron chi connectivity index (χ0n) is 12.8. The standard InChI is InChI=1S/C21H22/c1-19(2)20(15-9-5-3-6-10-15)17-13-14-18(17)21(19,20)16-11-7-4-8-12-16/h3-12,17-18H,13-14H2,1-2H3/t17-,18+,20-,21-/m0/s1. The van der Waals surface area contributed by atoms with E-state index in [2.05, 4.69) is 74.5 Å². The topological polar surface area (TPSA) is 0 Å². The number of hydrogen-bond donors (Lipinski definition) is 0. The van der Waals surface area contributed by atoms with Gasteiger partial charge in [-0.05, 0) is 41.2 Å². The maximum Gasteiger partial charge on any atom is 0.0149 e. The van der Waals surface area contributed by atoms with E-state index in [1.807, 2.05) is 0 Å². The fourth-order valence-corrected chi connectivity index (χ4v) is 6.90. The second-order valence-electron chi connectivity index (χ2n) is 7.76. The number of hydrogen-bond acceptors (Lipinski definition) is 0. The summed E-state index contributed by atoms with van der Waals surface area (Å²) in [5, 5.41) is 0. The molecule has 106 valence electrons. The molecule has 0 heterocycles. The largest absolute Gasteiger partial charge is 0.0622 e. The first kappa shape index (κ1) is 12.0. The predicted octanol–water partition coefficient (Wildman–Crippen LogP) is 4.94. The Morgan fingerprint density at radius 3 is 1.38 bits per heavy atom. The molecule has 4 atom stereocenters. The van der Waals surface area contributed by atoms with Crippen LogP contribution in [0.1, 0.15) is 37.8 Å². The molecule has 0 heteroatoms. The minimum absolute atomic E-state index is 0.383. The summed E-state index contributed by atoms with van der Waals surface area (Å²) in [6.45, 7) is 5.04. The van der Waals surface area contributed by atoms with Crippen LogP contribution in [0, 0.1) is 17.3 Å². The molecule has 2 aromatic carbocycles. The van der Waals surface area contributed by atoms with Gasteiger partial charge in [0.2, 0.25) is 0 Å². The van der Waals surface area contributed by atoms with Gasteiger partial charge in [-0.1, -0.05) is 74.5 Å². The van der Waals surface area contributed by atoms with Crippen molar-refractivity contribution in [2.45, 2.75) is 37.5 Å². The van der Waals surface area contributed by atoms with E-state index in [0.717, 1.165) is 11.8 Å². The number of fused-ring (bicyclic) bond motifs is 4. The van der Waals surface area contributed by atoms with Crippen molar-refractivity contribution >= 4 is 0 Å². The Morgan fingerprint density at radius 2 is 1.05 bits per heavy atom. The molecule has 3 aliphatic carbocycles. The molecular weight excluding hydrogens is 252 g/mol. The Bertz CT molecular complexity index is 638.